The first kappa shape index (κ1) is 16.1. The minimum atomic E-state index is -0.227. The van der Waals surface area contributed by atoms with E-state index in [9.17, 15) is 9.50 Å². The van der Waals surface area contributed by atoms with Crippen molar-refractivity contribution in [2.75, 3.05) is 18.1 Å². The molecule has 1 fully saturated rings. The van der Waals surface area contributed by atoms with Crippen LogP contribution in [0.25, 0.3) is 11.0 Å². The van der Waals surface area contributed by atoms with Crippen molar-refractivity contribution in [2.24, 2.45) is 0 Å². The van der Waals surface area contributed by atoms with Crippen LogP contribution < -0.4 is 4.90 Å². The number of hydrogen-bond acceptors (Lipinski definition) is 3. The number of imidazole rings is 1. The molecular formula is C20H22FN3O. The number of benzene rings is 2. The van der Waals surface area contributed by atoms with E-state index in [1.54, 1.807) is 12.1 Å². The van der Waals surface area contributed by atoms with Crippen LogP contribution in [0.4, 0.5) is 10.3 Å². The molecule has 2 heterocycles. The average molecular weight is 339 g/mol. The first-order valence-corrected chi connectivity index (χ1v) is 8.83. The van der Waals surface area contributed by atoms with Gasteiger partial charge in [0.15, 0.2) is 0 Å². The lowest BCUT2D eigenvalue weighted by atomic mass is 10.0. The van der Waals surface area contributed by atoms with Gasteiger partial charge in [0.25, 0.3) is 0 Å². The zero-order chi connectivity index (χ0) is 17.2. The van der Waals surface area contributed by atoms with E-state index in [4.69, 9.17) is 4.98 Å². The Bertz CT molecular complexity index is 876. The molecule has 0 saturated carbocycles. The average Bonchev–Trinajstić information content (AvgIpc) is 3.00. The van der Waals surface area contributed by atoms with Crippen LogP contribution in [-0.4, -0.2) is 33.9 Å². The molecule has 0 radical (unpaired) electrons. The molecule has 1 N–H and O–H groups in total. The van der Waals surface area contributed by atoms with Gasteiger partial charge in [-0.3, -0.25) is 0 Å². The normalized spacial score (nSPS) is 18.0. The second kappa shape index (κ2) is 6.84. The van der Waals surface area contributed by atoms with E-state index >= 15 is 0 Å². The van der Waals surface area contributed by atoms with Gasteiger partial charge in [-0.1, -0.05) is 24.3 Å². The number of aliphatic hydroxyl groups is 1. The molecule has 3 aromatic rings. The van der Waals surface area contributed by atoms with Gasteiger partial charge < -0.3 is 14.6 Å². The standard InChI is InChI=1S/C20H22FN3O/c21-16-7-5-6-15(12-16)13-24-19-10-2-1-9-18(19)22-20(24)23-11-4-3-8-17(23)14-25/h1-2,5-7,9-10,12,17,25H,3-4,8,11,13-14H2/t17-/m0/s1. The Morgan fingerprint density at radius 2 is 2.00 bits per heavy atom. The van der Waals surface area contributed by atoms with Crippen LogP contribution in [0.3, 0.4) is 0 Å². The topological polar surface area (TPSA) is 41.3 Å². The molecule has 0 amide bonds. The van der Waals surface area contributed by atoms with Crippen LogP contribution in [-0.2, 0) is 6.54 Å². The fraction of sp³-hybridized carbons (Fsp3) is 0.350. The number of aliphatic hydroxyl groups excluding tert-OH is 1. The summed E-state index contributed by atoms with van der Waals surface area (Å²) in [6.45, 7) is 1.57. The van der Waals surface area contributed by atoms with Gasteiger partial charge in [0.1, 0.15) is 5.82 Å². The number of piperidine rings is 1. The Labute approximate surface area is 146 Å². The van der Waals surface area contributed by atoms with E-state index in [0.29, 0.717) is 6.54 Å². The molecule has 5 heteroatoms. The molecule has 1 aromatic heterocycles. The Hall–Kier alpha value is -2.40. The number of halogens is 1. The highest BCUT2D eigenvalue weighted by Crippen LogP contribution is 2.29. The van der Waals surface area contributed by atoms with Gasteiger partial charge in [0.2, 0.25) is 5.95 Å². The lowest BCUT2D eigenvalue weighted by molar-refractivity contribution is 0.238. The maximum absolute atomic E-state index is 13.6. The largest absolute Gasteiger partial charge is 0.394 e. The van der Waals surface area contributed by atoms with Gasteiger partial charge in [-0.25, -0.2) is 9.37 Å². The number of hydrogen-bond donors (Lipinski definition) is 1. The van der Waals surface area contributed by atoms with Gasteiger partial charge in [0.05, 0.1) is 30.2 Å². The first-order valence-electron chi connectivity index (χ1n) is 8.83. The van der Waals surface area contributed by atoms with Crippen molar-refractivity contribution in [3.63, 3.8) is 0 Å². The van der Waals surface area contributed by atoms with Crippen molar-refractivity contribution in [1.29, 1.82) is 0 Å². The van der Waals surface area contributed by atoms with Gasteiger partial charge in [-0.05, 0) is 49.1 Å². The number of aromatic nitrogens is 2. The molecule has 1 saturated heterocycles. The molecular weight excluding hydrogens is 317 g/mol. The van der Waals surface area contributed by atoms with Crippen LogP contribution in [0.15, 0.2) is 48.5 Å². The predicted octanol–water partition coefficient (Wildman–Crippen LogP) is 3.57. The lowest BCUT2D eigenvalue weighted by Crippen LogP contribution is -2.43. The number of rotatable bonds is 4. The maximum Gasteiger partial charge on any atom is 0.207 e. The zero-order valence-corrected chi connectivity index (χ0v) is 14.1. The smallest absolute Gasteiger partial charge is 0.207 e. The minimum Gasteiger partial charge on any atom is -0.394 e. The van der Waals surface area contributed by atoms with Crippen molar-refractivity contribution >= 4 is 17.0 Å². The van der Waals surface area contributed by atoms with E-state index in [0.717, 1.165) is 48.4 Å². The third-order valence-electron chi connectivity index (χ3n) is 4.96. The SMILES string of the molecule is OC[C@@H]1CCCCN1c1nc2ccccc2n1Cc1cccc(F)c1. The third kappa shape index (κ3) is 3.12. The monoisotopic (exact) mass is 339 g/mol. The van der Waals surface area contributed by atoms with Crippen LogP contribution in [0.5, 0.6) is 0 Å². The van der Waals surface area contributed by atoms with E-state index in [2.05, 4.69) is 9.47 Å². The van der Waals surface area contributed by atoms with Crippen LogP contribution >= 0.6 is 0 Å². The lowest BCUT2D eigenvalue weighted by Gasteiger charge is -2.35. The number of fused-ring (bicyclic) bond motifs is 1. The van der Waals surface area contributed by atoms with E-state index in [-0.39, 0.29) is 18.5 Å². The van der Waals surface area contributed by atoms with Gasteiger partial charge in [0, 0.05) is 6.54 Å². The summed E-state index contributed by atoms with van der Waals surface area (Å²) in [7, 11) is 0. The summed E-state index contributed by atoms with van der Waals surface area (Å²) in [5.41, 5.74) is 2.86. The molecule has 0 bridgehead atoms. The summed E-state index contributed by atoms with van der Waals surface area (Å²) in [4.78, 5) is 7.05. The zero-order valence-electron chi connectivity index (χ0n) is 14.1. The highest BCUT2D eigenvalue weighted by Gasteiger charge is 2.26. The molecule has 130 valence electrons. The molecule has 4 rings (SSSR count). The molecule has 1 aliphatic rings. The van der Waals surface area contributed by atoms with Crippen molar-refractivity contribution in [3.8, 4) is 0 Å². The van der Waals surface area contributed by atoms with E-state index < -0.39 is 0 Å². The molecule has 2 aromatic carbocycles. The summed E-state index contributed by atoms with van der Waals surface area (Å²) in [5, 5.41) is 9.79. The van der Waals surface area contributed by atoms with Gasteiger partial charge in [-0.2, -0.15) is 0 Å². The van der Waals surface area contributed by atoms with Crippen molar-refractivity contribution in [3.05, 3.63) is 59.9 Å². The third-order valence-corrected chi connectivity index (χ3v) is 4.96. The summed E-state index contributed by atoms with van der Waals surface area (Å²) in [6, 6.07) is 14.8. The number of para-hydroxylation sites is 2. The molecule has 4 nitrogen and oxygen atoms in total. The van der Waals surface area contributed by atoms with Crippen molar-refractivity contribution in [1.82, 2.24) is 9.55 Å². The second-order valence-electron chi connectivity index (χ2n) is 6.64. The summed E-state index contributed by atoms with van der Waals surface area (Å²) in [5.74, 6) is 0.638. The molecule has 1 atom stereocenters. The maximum atomic E-state index is 13.6. The first-order chi connectivity index (χ1) is 12.3. The van der Waals surface area contributed by atoms with Gasteiger partial charge >= 0.3 is 0 Å². The quantitative estimate of drug-likeness (QED) is 0.790. The Kier molecular flexibility index (Phi) is 4.40. The summed E-state index contributed by atoms with van der Waals surface area (Å²) >= 11 is 0. The van der Waals surface area contributed by atoms with Crippen LogP contribution in [0.2, 0.25) is 0 Å². The molecule has 1 aliphatic heterocycles. The van der Waals surface area contributed by atoms with E-state index in [1.165, 1.54) is 6.07 Å². The molecule has 25 heavy (non-hydrogen) atoms. The molecule has 0 aliphatic carbocycles. The minimum absolute atomic E-state index is 0.0943. The fourth-order valence-corrected chi connectivity index (χ4v) is 3.71. The van der Waals surface area contributed by atoms with Gasteiger partial charge in [-0.15, -0.1) is 0 Å². The number of nitrogens with zero attached hydrogens (tertiary/aromatic N) is 3. The number of anilines is 1. The highest BCUT2D eigenvalue weighted by molar-refractivity contribution is 5.79. The van der Waals surface area contributed by atoms with Crippen LogP contribution in [0, 0.1) is 5.82 Å². The van der Waals surface area contributed by atoms with Crippen LogP contribution in [0.1, 0.15) is 24.8 Å². The highest BCUT2D eigenvalue weighted by atomic mass is 19.1. The fourth-order valence-electron chi connectivity index (χ4n) is 3.71. The Morgan fingerprint density at radius 1 is 1.12 bits per heavy atom. The second-order valence-corrected chi connectivity index (χ2v) is 6.64. The Morgan fingerprint density at radius 3 is 2.84 bits per heavy atom. The molecule has 0 unspecified atom stereocenters. The predicted molar refractivity (Wildman–Crippen MR) is 97.3 cm³/mol. The summed E-state index contributed by atoms with van der Waals surface area (Å²) in [6.07, 6.45) is 3.20. The van der Waals surface area contributed by atoms with Crippen molar-refractivity contribution < 1.29 is 9.50 Å². The molecule has 0 spiro atoms. The van der Waals surface area contributed by atoms with E-state index in [1.807, 2.05) is 30.3 Å². The summed E-state index contributed by atoms with van der Waals surface area (Å²) < 4.78 is 15.8. The van der Waals surface area contributed by atoms with Crippen molar-refractivity contribution in [2.45, 2.75) is 31.8 Å². The Balaban J connectivity index is 1.80.